The predicted molar refractivity (Wildman–Crippen MR) is 418 cm³/mol. The third-order valence-electron chi connectivity index (χ3n) is 16.2. The summed E-state index contributed by atoms with van der Waals surface area (Å²) in [6.07, 6.45) is 6.32. The molecule has 12 rings (SSSR count). The Balaban J connectivity index is 0.000000208. The van der Waals surface area contributed by atoms with E-state index in [1.54, 1.807) is 39.8 Å². The van der Waals surface area contributed by atoms with Crippen LogP contribution in [-0.2, 0) is 19.1 Å². The van der Waals surface area contributed by atoms with Gasteiger partial charge in [0.1, 0.15) is 76.7 Å². The zero-order valence-electron chi connectivity index (χ0n) is 59.3. The van der Waals surface area contributed by atoms with Crippen molar-refractivity contribution in [3.05, 3.63) is 167 Å². The Labute approximate surface area is 655 Å². The van der Waals surface area contributed by atoms with Gasteiger partial charge in [-0.25, -0.2) is 61.0 Å². The van der Waals surface area contributed by atoms with Crippen molar-refractivity contribution in [2.45, 2.75) is 53.5 Å². The van der Waals surface area contributed by atoms with E-state index in [9.17, 15) is 37.5 Å². The molecule has 0 spiro atoms. The van der Waals surface area contributed by atoms with Crippen molar-refractivity contribution in [1.82, 2.24) is 44.6 Å². The number of fused-ring (bicyclic) bond motifs is 3. The molecule has 0 unspecified atom stereocenters. The number of amides is 3. The molecule has 0 saturated carbocycles. The second-order valence-corrected chi connectivity index (χ2v) is 31.6. The lowest BCUT2D eigenvalue weighted by atomic mass is 10.0. The topological polar surface area (TPSA) is 213 Å². The van der Waals surface area contributed by atoms with Crippen molar-refractivity contribution < 1.29 is 66.2 Å². The van der Waals surface area contributed by atoms with Crippen LogP contribution in [0, 0.1) is 34.9 Å². The Hall–Kier alpha value is -8.26. The normalized spacial score (nSPS) is 13.6. The van der Waals surface area contributed by atoms with E-state index >= 15 is 13.2 Å². The van der Waals surface area contributed by atoms with E-state index < -0.39 is 51.8 Å². The highest BCUT2D eigenvalue weighted by molar-refractivity contribution is 9.69. The van der Waals surface area contributed by atoms with Crippen molar-refractivity contribution in [1.29, 1.82) is 0 Å². The van der Waals surface area contributed by atoms with Crippen LogP contribution < -0.4 is 24.2 Å². The van der Waals surface area contributed by atoms with E-state index in [0.29, 0.717) is 115 Å². The minimum Gasteiger partial charge on any atom is -0.507 e. The van der Waals surface area contributed by atoms with E-state index in [1.807, 2.05) is 42.4 Å². The first kappa shape index (κ1) is 83.4. The Morgan fingerprint density at radius 2 is 0.887 bits per heavy atom. The molecule has 6 heterocycles. The number of nitrogens with zero attached hydrogens (tertiary/aromatic N) is 12. The van der Waals surface area contributed by atoms with Crippen LogP contribution in [-0.4, -0.2) is 174 Å². The Kier molecular flexibility index (Phi) is 30.7. The summed E-state index contributed by atoms with van der Waals surface area (Å²) in [5.74, 6) is -3.01. The van der Waals surface area contributed by atoms with Crippen molar-refractivity contribution in [3.8, 4) is 50.6 Å². The lowest BCUT2D eigenvalue weighted by molar-refractivity contribution is -0.131. The van der Waals surface area contributed by atoms with Gasteiger partial charge in [0, 0.05) is 103 Å². The molecule has 3 aliphatic heterocycles. The maximum absolute atomic E-state index is 15.6. The number of benzene rings is 6. The summed E-state index contributed by atoms with van der Waals surface area (Å²) in [6, 6.07) is 17.0. The summed E-state index contributed by atoms with van der Waals surface area (Å²) in [7, 11) is 2.81. The molecule has 106 heavy (non-hydrogen) atoms. The number of methoxy groups -OCH3 is 2. The number of rotatable bonds is 11. The van der Waals surface area contributed by atoms with Crippen molar-refractivity contribution >= 4 is 170 Å². The van der Waals surface area contributed by atoms with Gasteiger partial charge in [0.05, 0.1) is 78.7 Å². The number of allylic oxidation sites excluding steroid dienone is 1. The van der Waals surface area contributed by atoms with Gasteiger partial charge in [-0.3, -0.25) is 14.4 Å². The van der Waals surface area contributed by atoms with Crippen LogP contribution in [0.15, 0.2) is 117 Å². The number of aromatic nitrogens is 6. The van der Waals surface area contributed by atoms with E-state index in [0.717, 1.165) is 12.1 Å². The van der Waals surface area contributed by atoms with E-state index in [1.165, 1.54) is 87.8 Å². The number of hydrogen-bond acceptors (Lipinski definition) is 17. The summed E-state index contributed by atoms with van der Waals surface area (Å²) in [6.45, 7) is 21.6. The van der Waals surface area contributed by atoms with Crippen molar-refractivity contribution in [3.63, 3.8) is 0 Å². The van der Waals surface area contributed by atoms with Crippen LogP contribution in [0.2, 0.25) is 15.1 Å². The van der Waals surface area contributed by atoms with Crippen LogP contribution in [0.25, 0.3) is 66.1 Å². The second-order valence-electron chi connectivity index (χ2n) is 23.6. The molecule has 0 bridgehead atoms. The highest BCUT2D eigenvalue weighted by atomic mass is 79.9. The molecule has 20 nitrogen and oxygen atoms in total. The Morgan fingerprint density at radius 1 is 0.566 bits per heavy atom. The molecular formula is C72H72BBr3Cl4F6N12O8. The lowest BCUT2D eigenvalue weighted by Gasteiger charge is -2.36. The number of halogens is 13. The maximum atomic E-state index is 15.6. The van der Waals surface area contributed by atoms with Crippen LogP contribution in [0.3, 0.4) is 0 Å². The molecule has 3 aliphatic rings. The fourth-order valence-electron chi connectivity index (χ4n) is 11.4. The molecule has 3 saturated heterocycles. The smallest absolute Gasteiger partial charge is 0.410 e. The Bertz CT molecular complexity index is 4700. The molecule has 0 radical (unpaired) electrons. The van der Waals surface area contributed by atoms with Crippen LogP contribution >= 0.6 is 93.7 Å². The quantitative estimate of drug-likeness (QED) is 0.0552. The first-order valence-electron chi connectivity index (χ1n) is 33.1. The summed E-state index contributed by atoms with van der Waals surface area (Å²) < 4.78 is 113. The molecule has 3 fully saturated rings. The number of anilines is 3. The van der Waals surface area contributed by atoms with Crippen molar-refractivity contribution in [2.75, 3.05) is 107 Å². The number of piperazine rings is 3. The van der Waals surface area contributed by atoms with Gasteiger partial charge in [0.25, 0.3) is 0 Å². The molecule has 3 amide bonds. The number of carbonyl (C=O) groups excluding carboxylic acids is 4. The summed E-state index contributed by atoms with van der Waals surface area (Å²) >= 11 is 33.1. The summed E-state index contributed by atoms with van der Waals surface area (Å²) in [5.41, 5.74) is 0.457. The van der Waals surface area contributed by atoms with Gasteiger partial charge in [-0.1, -0.05) is 86.9 Å². The molecule has 0 aliphatic carbocycles. The van der Waals surface area contributed by atoms with Crippen LogP contribution in [0.1, 0.15) is 49.3 Å². The fraction of sp³-hybridized carbons (Fsp3) is 0.306. The zero-order chi connectivity index (χ0) is 78.7. The minimum atomic E-state index is -0.799. The van der Waals surface area contributed by atoms with Gasteiger partial charge in [-0.15, -0.1) is 47.3 Å². The minimum absolute atomic E-state index is 0.00307. The van der Waals surface area contributed by atoms with Gasteiger partial charge in [0.15, 0.2) is 17.5 Å². The molecule has 0 atom stereocenters. The average molecular weight is 1740 g/mol. The fourth-order valence-corrected chi connectivity index (χ4v) is 12.1. The maximum Gasteiger partial charge on any atom is 0.410 e. The second kappa shape index (κ2) is 39.0. The number of hydrogen-bond donors (Lipinski definition) is 1. The monoisotopic (exact) mass is 1740 g/mol. The van der Waals surface area contributed by atoms with E-state index in [4.69, 9.17) is 62.0 Å². The molecule has 3 aromatic heterocycles. The zero-order valence-corrected chi connectivity index (χ0v) is 66.1. The summed E-state index contributed by atoms with van der Waals surface area (Å²) in [4.78, 5) is 81.6. The standard InChI is InChI=1S/C24H25ClF2N4O3.C22H21ClF2N4O2.C21H17ClF2N4O2.C3H3ClO.C2H6.BBr3/c1-24(2,3)34-23(32)31-10-8-30(9-11-31)22-19-16(28-13-29-22)12-14(20(25)21(19)27)18-15(26)6-5-7-17(18)33-4;1-3-17(30)28-7-9-29(10-8-28)22-19-15(26-12-27-22)11-13(20(23)21(19)25)18-14(24)5-4-6-16(18)31-2;1-2-16(30)27-6-8-28(9-7-27)21-18-14(25-11-26-21)10-12(19(22)20(18)24)17-13(23)4-3-5-15(17)29;1-2-3(4)5;1-2;2-1(3)4/h5-7,12-13H,8-11H2,1-4H3;4-6,11-12H,3,7-10H2,1-2H3;2-5,10-11,29H,1,6-9H2;2H,1H2;1-2H3;/i;;;;1D;. The molecule has 6 aromatic carbocycles. The third-order valence-corrected chi connectivity index (χ3v) is 17.5. The number of carbonyl (C=O) groups is 4. The van der Waals surface area contributed by atoms with E-state index in [-0.39, 0.29) is 108 Å². The largest absolute Gasteiger partial charge is 0.507 e. The first-order valence-corrected chi connectivity index (χ1v) is 36.6. The predicted octanol–water partition coefficient (Wildman–Crippen LogP) is 17.5. The highest BCUT2D eigenvalue weighted by Gasteiger charge is 2.32. The SMILES string of the molecule is BrB(Br)Br.C=CC(=O)Cl.C=CC(=O)N1CCN(c2ncnc3cc(-c4c(O)cccc4F)c(Cl)c(F)c23)CC1.CCC(=O)N1CCN(c2ncnc3cc(-c4c(F)cccc4OC)c(Cl)c(F)c23)CC1.COc1cccc(F)c1-c1cc2ncnc(N3CCN(C(=O)OC(C)(C)C)CC3)c2c(F)c1Cl.[2H]CC. The molecular weight excluding hydrogens is 1670 g/mol. The lowest BCUT2D eigenvalue weighted by Crippen LogP contribution is -2.50. The van der Waals surface area contributed by atoms with Crippen molar-refractivity contribution in [2.24, 2.45) is 0 Å². The van der Waals surface area contributed by atoms with Gasteiger partial charge < -0.3 is 48.7 Å². The molecule has 562 valence electrons. The van der Waals surface area contributed by atoms with Gasteiger partial charge in [-0.2, -0.15) is 0 Å². The first-order chi connectivity index (χ1) is 50.9. The molecule has 34 heteroatoms. The average Bonchev–Trinajstić information content (AvgIpc) is 0.767. The third kappa shape index (κ3) is 20.5. The van der Waals surface area contributed by atoms with Gasteiger partial charge in [0.2, 0.25) is 17.1 Å². The van der Waals surface area contributed by atoms with Gasteiger partial charge >= 0.3 is 9.28 Å². The van der Waals surface area contributed by atoms with Crippen LogP contribution in [0.5, 0.6) is 17.2 Å². The highest BCUT2D eigenvalue weighted by Crippen LogP contribution is 2.46. The number of phenolic OH excluding ortho intramolecular Hbond substituents is 1. The number of ether oxygens (including phenoxy) is 3. The van der Waals surface area contributed by atoms with E-state index in [2.05, 4.69) is 90.3 Å². The summed E-state index contributed by atoms with van der Waals surface area (Å²) in [5, 5.41) is 9.16. The number of aromatic hydroxyl groups is 1. The molecule has 1 N–H and O–H groups in total. The van der Waals surface area contributed by atoms with Crippen LogP contribution in [0.4, 0.5) is 48.6 Å². The number of phenols is 1. The molecule has 9 aromatic rings. The Morgan fingerprint density at radius 3 is 1.20 bits per heavy atom. The van der Waals surface area contributed by atoms with Gasteiger partial charge in [-0.05, 0) is 99.1 Å².